The normalized spacial score (nSPS) is 12.1. The smallest absolute Gasteiger partial charge is 0.305 e. The van der Waals surface area contributed by atoms with Crippen LogP contribution in [0.15, 0.2) is 0 Å². The quantitative estimate of drug-likeness (QED) is 0.393. The first-order valence-electron chi connectivity index (χ1n) is 5.04. The molecule has 1 amide bonds. The molecule has 0 heterocycles. The molecule has 0 spiro atoms. The number of nitrogens with one attached hydrogen (secondary N) is 1. The molecule has 5 N–H and O–H groups in total. The number of carboxylic acid groups (broad SMARTS) is 1. The van der Waals surface area contributed by atoms with Gasteiger partial charge in [0.25, 0.3) is 0 Å². The van der Waals surface area contributed by atoms with Gasteiger partial charge in [-0.2, -0.15) is 0 Å². The minimum Gasteiger partial charge on any atom is -0.481 e. The van der Waals surface area contributed by atoms with Crippen LogP contribution in [0.4, 0.5) is 0 Å². The molecule has 0 aliphatic heterocycles. The monoisotopic (exact) mass is 251 g/mol. The van der Waals surface area contributed by atoms with E-state index >= 15 is 0 Å². The van der Waals surface area contributed by atoms with Gasteiger partial charge in [0.1, 0.15) is 6.10 Å². The van der Waals surface area contributed by atoms with Crippen LogP contribution in [0.3, 0.4) is 0 Å². The first kappa shape index (κ1) is 18.2. The van der Waals surface area contributed by atoms with E-state index in [0.29, 0.717) is 0 Å². The van der Waals surface area contributed by atoms with Crippen LogP contribution in [0.5, 0.6) is 0 Å². The molecule has 0 aromatic heterocycles. The molecule has 0 aliphatic rings. The second kappa shape index (κ2) is 8.91. The van der Waals surface area contributed by atoms with Gasteiger partial charge in [-0.15, -0.1) is 0 Å². The van der Waals surface area contributed by atoms with Gasteiger partial charge in [-0.05, 0) is 0 Å². The summed E-state index contributed by atoms with van der Waals surface area (Å²) < 4.78 is 0. The number of aliphatic hydroxyl groups is 3. The molecule has 102 valence electrons. The van der Waals surface area contributed by atoms with Crippen LogP contribution >= 0.6 is 0 Å². The highest BCUT2D eigenvalue weighted by molar-refractivity contribution is 5.81. The van der Waals surface area contributed by atoms with E-state index < -0.39 is 23.4 Å². The number of carbonyl (C=O) groups excluding carboxylic acids is 1. The van der Waals surface area contributed by atoms with Gasteiger partial charge in [0.2, 0.25) is 5.91 Å². The summed E-state index contributed by atoms with van der Waals surface area (Å²) >= 11 is 0. The highest BCUT2D eigenvalue weighted by Gasteiger charge is 2.32. The lowest BCUT2D eigenvalue weighted by Gasteiger charge is -2.26. The number of amides is 1. The summed E-state index contributed by atoms with van der Waals surface area (Å²) in [5.41, 5.74) is -0.937. The average molecular weight is 251 g/mol. The first-order valence-corrected chi connectivity index (χ1v) is 5.04. The number of hydrogen-bond acceptors (Lipinski definition) is 5. The minimum absolute atomic E-state index is 0.0350. The fraction of sp³-hybridized carbons (Fsp3) is 0.800. The molecule has 7 nitrogen and oxygen atoms in total. The van der Waals surface area contributed by atoms with Crippen molar-refractivity contribution < 1.29 is 30.0 Å². The fourth-order valence-corrected chi connectivity index (χ4v) is 0.831. The van der Waals surface area contributed by atoms with Gasteiger partial charge in [-0.1, -0.05) is 13.8 Å². The van der Waals surface area contributed by atoms with Gasteiger partial charge in [0.05, 0.1) is 13.0 Å². The van der Waals surface area contributed by atoms with Crippen molar-refractivity contribution in [3.8, 4) is 0 Å². The van der Waals surface area contributed by atoms with E-state index in [2.05, 4.69) is 5.32 Å². The Morgan fingerprint density at radius 2 is 1.76 bits per heavy atom. The number of hydrogen-bond donors (Lipinski definition) is 5. The number of rotatable bonds is 6. The Bertz CT molecular complexity index is 241. The third kappa shape index (κ3) is 7.67. The Morgan fingerprint density at radius 1 is 1.29 bits per heavy atom. The molecule has 0 aliphatic carbocycles. The Balaban J connectivity index is 0. The zero-order valence-corrected chi connectivity index (χ0v) is 10.3. The molecule has 1 atom stereocenters. The zero-order chi connectivity index (χ0) is 14.1. The van der Waals surface area contributed by atoms with Crippen molar-refractivity contribution >= 4 is 11.9 Å². The van der Waals surface area contributed by atoms with Crippen LogP contribution in [-0.2, 0) is 9.59 Å². The van der Waals surface area contributed by atoms with Crippen LogP contribution in [0, 0.1) is 5.41 Å². The van der Waals surface area contributed by atoms with Gasteiger partial charge in [0, 0.05) is 19.1 Å². The first-order chi connectivity index (χ1) is 7.81. The molecular formula is C10H21NO6. The minimum atomic E-state index is -1.35. The standard InChI is InChI=1S/C9H17NO5.CH4O/c1-9(2,5-11)7(14)8(15)10-4-3-6(12)13;1-2/h7,11,14H,3-5H2,1-2H3,(H,10,15)(H,12,13);2H,1H3. The Labute approximate surface area is 100 Å². The van der Waals surface area contributed by atoms with E-state index in [1.165, 1.54) is 13.8 Å². The maximum absolute atomic E-state index is 11.3. The van der Waals surface area contributed by atoms with E-state index in [1.54, 1.807) is 0 Å². The van der Waals surface area contributed by atoms with Crippen molar-refractivity contribution in [1.82, 2.24) is 5.32 Å². The lowest BCUT2D eigenvalue weighted by atomic mass is 9.87. The highest BCUT2D eigenvalue weighted by atomic mass is 16.4. The van der Waals surface area contributed by atoms with E-state index in [0.717, 1.165) is 7.11 Å². The summed E-state index contributed by atoms with van der Waals surface area (Å²) in [6.07, 6.45) is -1.55. The maximum atomic E-state index is 11.3. The molecular weight excluding hydrogens is 230 g/mol. The molecule has 1 unspecified atom stereocenters. The largest absolute Gasteiger partial charge is 0.481 e. The van der Waals surface area contributed by atoms with Crippen LogP contribution in [-0.4, -0.2) is 58.7 Å². The lowest BCUT2D eigenvalue weighted by molar-refractivity contribution is -0.138. The fourth-order valence-electron chi connectivity index (χ4n) is 0.831. The van der Waals surface area contributed by atoms with Crippen molar-refractivity contribution in [3.05, 3.63) is 0 Å². The number of carbonyl (C=O) groups is 2. The summed E-state index contributed by atoms with van der Waals surface area (Å²) in [5.74, 6) is -1.69. The molecule has 0 radical (unpaired) electrons. The third-order valence-electron chi connectivity index (χ3n) is 2.03. The van der Waals surface area contributed by atoms with Crippen molar-refractivity contribution in [2.75, 3.05) is 20.3 Å². The Hall–Kier alpha value is -1.18. The van der Waals surface area contributed by atoms with Crippen LogP contribution in [0.2, 0.25) is 0 Å². The van der Waals surface area contributed by atoms with E-state index in [9.17, 15) is 14.7 Å². The Kier molecular flexibility index (Phi) is 9.54. The lowest BCUT2D eigenvalue weighted by Crippen LogP contribution is -2.45. The summed E-state index contributed by atoms with van der Waals surface area (Å²) in [6, 6.07) is 0. The molecule has 0 aromatic rings. The SMILES string of the molecule is CC(C)(CO)C(O)C(=O)NCCC(=O)O.CO. The predicted molar refractivity (Wildman–Crippen MR) is 60.3 cm³/mol. The van der Waals surface area contributed by atoms with Crippen molar-refractivity contribution in [2.45, 2.75) is 26.4 Å². The van der Waals surface area contributed by atoms with Crippen LogP contribution < -0.4 is 5.32 Å². The van der Waals surface area contributed by atoms with E-state index in [1.807, 2.05) is 0 Å². The average Bonchev–Trinajstić information content (AvgIpc) is 2.30. The van der Waals surface area contributed by atoms with Crippen LogP contribution in [0.25, 0.3) is 0 Å². The van der Waals surface area contributed by atoms with Gasteiger partial charge < -0.3 is 25.7 Å². The summed E-state index contributed by atoms with van der Waals surface area (Å²) in [6.45, 7) is 2.70. The molecule has 0 bridgehead atoms. The van der Waals surface area contributed by atoms with Gasteiger partial charge in [-0.3, -0.25) is 9.59 Å². The predicted octanol–water partition coefficient (Wildman–Crippen LogP) is -1.43. The molecule has 17 heavy (non-hydrogen) atoms. The highest BCUT2D eigenvalue weighted by Crippen LogP contribution is 2.19. The van der Waals surface area contributed by atoms with E-state index in [-0.39, 0.29) is 19.6 Å². The maximum Gasteiger partial charge on any atom is 0.305 e. The molecule has 0 aromatic carbocycles. The molecule has 0 fully saturated rings. The topological polar surface area (TPSA) is 127 Å². The molecule has 0 saturated heterocycles. The van der Waals surface area contributed by atoms with Crippen molar-refractivity contribution in [2.24, 2.45) is 5.41 Å². The molecule has 7 heteroatoms. The summed E-state index contributed by atoms with van der Waals surface area (Å²) in [4.78, 5) is 21.4. The number of aliphatic carboxylic acids is 1. The molecule has 0 saturated carbocycles. The second-order valence-electron chi connectivity index (χ2n) is 3.98. The van der Waals surface area contributed by atoms with Gasteiger partial charge in [0.15, 0.2) is 0 Å². The van der Waals surface area contributed by atoms with Gasteiger partial charge >= 0.3 is 5.97 Å². The summed E-state index contributed by atoms with van der Waals surface area (Å²) in [5, 5.41) is 36.0. The summed E-state index contributed by atoms with van der Waals surface area (Å²) in [7, 11) is 1.00. The zero-order valence-electron chi connectivity index (χ0n) is 10.3. The van der Waals surface area contributed by atoms with Crippen molar-refractivity contribution in [3.63, 3.8) is 0 Å². The third-order valence-corrected chi connectivity index (χ3v) is 2.03. The number of carboxylic acids is 1. The molecule has 0 rings (SSSR count). The van der Waals surface area contributed by atoms with Gasteiger partial charge in [-0.25, -0.2) is 0 Å². The number of aliphatic hydroxyl groups excluding tert-OH is 3. The second-order valence-corrected chi connectivity index (χ2v) is 3.98. The van der Waals surface area contributed by atoms with Crippen LogP contribution in [0.1, 0.15) is 20.3 Å². The van der Waals surface area contributed by atoms with E-state index in [4.69, 9.17) is 15.3 Å². The van der Waals surface area contributed by atoms with Crippen molar-refractivity contribution in [1.29, 1.82) is 0 Å². The Morgan fingerprint density at radius 3 is 2.12 bits per heavy atom.